The van der Waals surface area contributed by atoms with Gasteiger partial charge in [-0.15, -0.1) is 0 Å². The first kappa shape index (κ1) is 13.4. The molecule has 2 nitrogen and oxygen atoms in total. The highest BCUT2D eigenvalue weighted by atomic mass is 32.2. The summed E-state index contributed by atoms with van der Waals surface area (Å²) in [6.07, 6.45) is 1.10. The van der Waals surface area contributed by atoms with Gasteiger partial charge in [0.15, 0.2) is 0 Å². The van der Waals surface area contributed by atoms with Gasteiger partial charge in [-0.2, -0.15) is 11.8 Å². The van der Waals surface area contributed by atoms with E-state index in [-0.39, 0.29) is 6.04 Å². The molecule has 1 aromatic carbocycles. The van der Waals surface area contributed by atoms with Gasteiger partial charge in [-0.3, -0.25) is 0 Å². The van der Waals surface area contributed by atoms with Gasteiger partial charge in [0.25, 0.3) is 0 Å². The lowest BCUT2D eigenvalue weighted by atomic mass is 10.1. The molecular formula is C13H21NOS. The second-order valence-electron chi connectivity index (χ2n) is 3.76. The summed E-state index contributed by atoms with van der Waals surface area (Å²) in [6, 6.07) is 8.13. The number of benzene rings is 1. The van der Waals surface area contributed by atoms with Crippen LogP contribution in [-0.2, 0) is 0 Å². The van der Waals surface area contributed by atoms with Crippen LogP contribution in [-0.4, -0.2) is 18.1 Å². The number of hydrogen-bond donors (Lipinski definition) is 1. The summed E-state index contributed by atoms with van der Waals surface area (Å²) in [7, 11) is 0. The quantitative estimate of drug-likeness (QED) is 0.742. The molecule has 0 aliphatic carbocycles. The number of nitrogens with two attached hydrogens (primary N) is 1. The molecule has 0 heterocycles. The van der Waals surface area contributed by atoms with Gasteiger partial charge in [-0.25, -0.2) is 0 Å². The summed E-state index contributed by atoms with van der Waals surface area (Å²) in [6.45, 7) is 4.96. The monoisotopic (exact) mass is 239 g/mol. The second kappa shape index (κ2) is 7.58. The van der Waals surface area contributed by atoms with E-state index in [9.17, 15) is 0 Å². The number of hydrogen-bond acceptors (Lipinski definition) is 3. The average molecular weight is 239 g/mol. The zero-order chi connectivity index (χ0) is 11.8. The largest absolute Gasteiger partial charge is 0.494 e. The zero-order valence-electron chi connectivity index (χ0n) is 10.1. The molecule has 16 heavy (non-hydrogen) atoms. The summed E-state index contributed by atoms with van der Waals surface area (Å²) in [5.41, 5.74) is 6.92. The molecule has 0 aliphatic rings. The Balaban J connectivity index is 2.27. The van der Waals surface area contributed by atoms with E-state index >= 15 is 0 Å². The van der Waals surface area contributed by atoms with Crippen LogP contribution in [0.5, 0.6) is 5.75 Å². The number of thioether (sulfide) groups is 1. The van der Waals surface area contributed by atoms with Crippen LogP contribution in [0.4, 0.5) is 0 Å². The molecule has 0 saturated heterocycles. The van der Waals surface area contributed by atoms with E-state index in [1.807, 2.05) is 43.0 Å². The van der Waals surface area contributed by atoms with Gasteiger partial charge in [0.05, 0.1) is 6.61 Å². The Hall–Kier alpha value is -0.670. The van der Waals surface area contributed by atoms with Crippen LogP contribution in [0.15, 0.2) is 24.3 Å². The van der Waals surface area contributed by atoms with Crippen molar-refractivity contribution in [1.82, 2.24) is 0 Å². The molecule has 1 aromatic rings. The minimum absolute atomic E-state index is 0.0926. The van der Waals surface area contributed by atoms with Crippen molar-refractivity contribution in [3.8, 4) is 5.75 Å². The molecule has 1 rings (SSSR count). The fourth-order valence-electron chi connectivity index (χ4n) is 1.36. The molecule has 1 unspecified atom stereocenters. The zero-order valence-corrected chi connectivity index (χ0v) is 10.9. The van der Waals surface area contributed by atoms with Crippen LogP contribution >= 0.6 is 11.8 Å². The Kier molecular flexibility index (Phi) is 6.34. The Labute approximate surface area is 103 Å². The van der Waals surface area contributed by atoms with Gasteiger partial charge in [0.1, 0.15) is 5.75 Å². The molecule has 0 aromatic heterocycles. The van der Waals surface area contributed by atoms with Crippen molar-refractivity contribution in [3.63, 3.8) is 0 Å². The van der Waals surface area contributed by atoms with Crippen molar-refractivity contribution >= 4 is 11.8 Å². The van der Waals surface area contributed by atoms with Crippen molar-refractivity contribution in [2.45, 2.75) is 26.3 Å². The molecular weight excluding hydrogens is 218 g/mol. The van der Waals surface area contributed by atoms with Crippen molar-refractivity contribution in [2.75, 3.05) is 18.1 Å². The van der Waals surface area contributed by atoms with Gasteiger partial charge >= 0.3 is 0 Å². The lowest BCUT2D eigenvalue weighted by Crippen LogP contribution is -2.04. The minimum atomic E-state index is 0.0926. The highest BCUT2D eigenvalue weighted by molar-refractivity contribution is 7.99. The summed E-state index contributed by atoms with van der Waals surface area (Å²) in [4.78, 5) is 0. The van der Waals surface area contributed by atoms with Crippen LogP contribution in [0.2, 0.25) is 0 Å². The first-order valence-corrected chi connectivity index (χ1v) is 6.95. The van der Waals surface area contributed by atoms with E-state index in [2.05, 4.69) is 6.92 Å². The van der Waals surface area contributed by atoms with Gasteiger partial charge in [-0.1, -0.05) is 19.1 Å². The van der Waals surface area contributed by atoms with Gasteiger partial charge in [-0.05, 0) is 42.5 Å². The fraction of sp³-hybridized carbons (Fsp3) is 0.538. The van der Waals surface area contributed by atoms with E-state index in [4.69, 9.17) is 10.5 Å². The SMILES string of the molecule is CCSCCCOc1ccc(C(C)N)cc1. The molecule has 0 saturated carbocycles. The van der Waals surface area contributed by atoms with E-state index in [0.717, 1.165) is 24.3 Å². The van der Waals surface area contributed by atoms with E-state index in [1.165, 1.54) is 11.5 Å². The van der Waals surface area contributed by atoms with Crippen LogP contribution in [0.3, 0.4) is 0 Å². The molecule has 2 N–H and O–H groups in total. The molecule has 0 bridgehead atoms. The van der Waals surface area contributed by atoms with Gasteiger partial charge in [0.2, 0.25) is 0 Å². The van der Waals surface area contributed by atoms with Crippen LogP contribution in [0.1, 0.15) is 31.9 Å². The maximum atomic E-state index is 5.78. The molecule has 0 aliphatic heterocycles. The first-order chi connectivity index (χ1) is 7.74. The van der Waals surface area contributed by atoms with Crippen molar-refractivity contribution < 1.29 is 4.74 Å². The summed E-state index contributed by atoms with van der Waals surface area (Å²) in [5.74, 6) is 3.29. The topological polar surface area (TPSA) is 35.2 Å². The number of rotatable bonds is 7. The molecule has 0 fully saturated rings. The minimum Gasteiger partial charge on any atom is -0.494 e. The van der Waals surface area contributed by atoms with E-state index in [1.54, 1.807) is 0 Å². The third-order valence-electron chi connectivity index (χ3n) is 2.31. The van der Waals surface area contributed by atoms with Crippen LogP contribution in [0, 0.1) is 0 Å². The maximum Gasteiger partial charge on any atom is 0.119 e. The predicted octanol–water partition coefficient (Wildman–Crippen LogP) is 3.23. The Bertz CT molecular complexity index is 284. The van der Waals surface area contributed by atoms with Crippen molar-refractivity contribution in [3.05, 3.63) is 29.8 Å². The first-order valence-electron chi connectivity index (χ1n) is 5.80. The third kappa shape index (κ3) is 4.90. The molecule has 0 radical (unpaired) electrons. The van der Waals surface area contributed by atoms with Crippen molar-refractivity contribution in [1.29, 1.82) is 0 Å². The second-order valence-corrected chi connectivity index (χ2v) is 5.15. The highest BCUT2D eigenvalue weighted by Crippen LogP contribution is 2.16. The van der Waals surface area contributed by atoms with E-state index < -0.39 is 0 Å². The Morgan fingerprint density at radius 2 is 2.00 bits per heavy atom. The fourth-order valence-corrected chi connectivity index (χ4v) is 1.97. The lowest BCUT2D eigenvalue weighted by molar-refractivity contribution is 0.318. The Morgan fingerprint density at radius 1 is 1.31 bits per heavy atom. The summed E-state index contributed by atoms with van der Waals surface area (Å²) >= 11 is 1.95. The lowest BCUT2D eigenvalue weighted by Gasteiger charge is -2.08. The van der Waals surface area contributed by atoms with E-state index in [0.29, 0.717) is 0 Å². The molecule has 1 atom stereocenters. The highest BCUT2D eigenvalue weighted by Gasteiger charge is 1.99. The molecule has 0 amide bonds. The Morgan fingerprint density at radius 3 is 2.56 bits per heavy atom. The predicted molar refractivity (Wildman–Crippen MR) is 72.2 cm³/mol. The summed E-state index contributed by atoms with van der Waals surface area (Å²) in [5, 5.41) is 0. The number of ether oxygens (including phenoxy) is 1. The summed E-state index contributed by atoms with van der Waals surface area (Å²) < 4.78 is 5.63. The normalized spacial score (nSPS) is 12.4. The van der Waals surface area contributed by atoms with Crippen molar-refractivity contribution in [2.24, 2.45) is 5.73 Å². The van der Waals surface area contributed by atoms with Crippen LogP contribution in [0.25, 0.3) is 0 Å². The van der Waals surface area contributed by atoms with Gasteiger partial charge < -0.3 is 10.5 Å². The third-order valence-corrected chi connectivity index (χ3v) is 3.30. The maximum absolute atomic E-state index is 5.78. The molecule has 0 spiro atoms. The smallest absolute Gasteiger partial charge is 0.119 e. The van der Waals surface area contributed by atoms with Gasteiger partial charge in [0, 0.05) is 6.04 Å². The standard InChI is InChI=1S/C13H21NOS/c1-3-16-10-4-9-15-13-7-5-12(6-8-13)11(2)14/h5-8,11H,3-4,9-10,14H2,1-2H3. The molecule has 90 valence electrons. The average Bonchev–Trinajstić information content (AvgIpc) is 2.29. The van der Waals surface area contributed by atoms with Crippen LogP contribution < -0.4 is 10.5 Å². The molecule has 3 heteroatoms.